The van der Waals surface area contributed by atoms with Gasteiger partial charge in [-0.15, -0.1) is 0 Å². The normalized spacial score (nSPS) is 10.7. The highest BCUT2D eigenvalue weighted by atomic mass is 16.3. The molecule has 0 spiro atoms. The summed E-state index contributed by atoms with van der Waals surface area (Å²) in [6.45, 7) is 6.48. The van der Waals surface area contributed by atoms with Crippen LogP contribution in [0.2, 0.25) is 0 Å². The van der Waals surface area contributed by atoms with Gasteiger partial charge in [-0.25, -0.2) is 0 Å². The third kappa shape index (κ3) is 2.75. The lowest BCUT2D eigenvalue weighted by atomic mass is 9.92. The van der Waals surface area contributed by atoms with Crippen LogP contribution >= 0.6 is 0 Å². The molecule has 0 fully saturated rings. The van der Waals surface area contributed by atoms with Gasteiger partial charge >= 0.3 is 0 Å². The number of rotatable bonds is 2. The van der Waals surface area contributed by atoms with Crippen LogP contribution in [0.15, 0.2) is 60.7 Å². The second kappa shape index (κ2) is 5.69. The van der Waals surface area contributed by atoms with Gasteiger partial charge in [-0.1, -0.05) is 54.1 Å². The molecule has 0 aliphatic rings. The number of hydrogen-bond acceptors (Lipinski definition) is 1. The zero-order valence-corrected chi connectivity index (χ0v) is 13.2. The lowest BCUT2D eigenvalue weighted by Gasteiger charge is -2.12. The minimum atomic E-state index is 0.297. The van der Waals surface area contributed by atoms with Crippen LogP contribution in [-0.2, 0) is 0 Å². The average molecular weight is 288 g/mol. The van der Waals surface area contributed by atoms with Gasteiger partial charge in [0.2, 0.25) is 0 Å². The molecule has 3 aromatic carbocycles. The van der Waals surface area contributed by atoms with Crippen LogP contribution in [-0.4, -0.2) is 5.11 Å². The van der Waals surface area contributed by atoms with Gasteiger partial charge in [0, 0.05) is 0 Å². The van der Waals surface area contributed by atoms with E-state index in [4.69, 9.17) is 0 Å². The smallest absolute Gasteiger partial charge is 0.115 e. The summed E-state index contributed by atoms with van der Waals surface area (Å²) in [4.78, 5) is 0. The van der Waals surface area contributed by atoms with E-state index in [0.29, 0.717) is 5.75 Å². The van der Waals surface area contributed by atoms with E-state index in [1.165, 1.54) is 27.8 Å². The molecule has 0 amide bonds. The van der Waals surface area contributed by atoms with E-state index in [1.54, 1.807) is 12.1 Å². The van der Waals surface area contributed by atoms with Crippen molar-refractivity contribution in [2.24, 2.45) is 0 Å². The Labute approximate surface area is 131 Å². The predicted molar refractivity (Wildman–Crippen MR) is 93.2 cm³/mol. The highest BCUT2D eigenvalue weighted by Crippen LogP contribution is 2.30. The van der Waals surface area contributed by atoms with Crippen molar-refractivity contribution in [2.75, 3.05) is 0 Å². The van der Waals surface area contributed by atoms with E-state index in [1.807, 2.05) is 12.1 Å². The third-order valence-electron chi connectivity index (χ3n) is 4.05. The molecule has 3 aromatic rings. The molecule has 0 atom stereocenters. The van der Waals surface area contributed by atoms with Crippen LogP contribution < -0.4 is 0 Å². The fourth-order valence-electron chi connectivity index (χ4n) is 3.12. The molecular weight excluding hydrogens is 268 g/mol. The van der Waals surface area contributed by atoms with E-state index in [0.717, 1.165) is 11.1 Å². The third-order valence-corrected chi connectivity index (χ3v) is 4.05. The van der Waals surface area contributed by atoms with Crippen molar-refractivity contribution in [3.63, 3.8) is 0 Å². The Morgan fingerprint density at radius 3 is 1.50 bits per heavy atom. The monoisotopic (exact) mass is 288 g/mol. The summed E-state index contributed by atoms with van der Waals surface area (Å²) in [5, 5.41) is 9.38. The van der Waals surface area contributed by atoms with Gasteiger partial charge < -0.3 is 5.11 Å². The summed E-state index contributed by atoms with van der Waals surface area (Å²) in [6.07, 6.45) is 0. The first-order chi connectivity index (χ1) is 10.5. The average Bonchev–Trinajstić information content (AvgIpc) is 2.48. The number of aromatic hydroxyl groups is 1. The van der Waals surface area contributed by atoms with E-state index in [9.17, 15) is 5.11 Å². The molecule has 0 unspecified atom stereocenters. The zero-order chi connectivity index (χ0) is 15.7. The van der Waals surface area contributed by atoms with Crippen LogP contribution in [0.5, 0.6) is 5.75 Å². The quantitative estimate of drug-likeness (QED) is 0.646. The molecule has 0 aromatic heterocycles. The maximum Gasteiger partial charge on any atom is 0.115 e. The first kappa shape index (κ1) is 14.4. The van der Waals surface area contributed by atoms with Crippen molar-refractivity contribution in [2.45, 2.75) is 20.8 Å². The van der Waals surface area contributed by atoms with Gasteiger partial charge in [-0.3, -0.25) is 0 Å². The summed E-state index contributed by atoms with van der Waals surface area (Å²) in [5.74, 6) is 0.297. The fourth-order valence-corrected chi connectivity index (χ4v) is 3.12. The van der Waals surface area contributed by atoms with Crippen molar-refractivity contribution in [3.05, 3.63) is 77.4 Å². The fraction of sp³-hybridized carbons (Fsp3) is 0.143. The molecule has 0 saturated heterocycles. The second-order valence-corrected chi connectivity index (χ2v) is 5.90. The van der Waals surface area contributed by atoms with E-state index in [-0.39, 0.29) is 0 Å². The molecule has 0 radical (unpaired) electrons. The maximum atomic E-state index is 9.38. The minimum Gasteiger partial charge on any atom is -0.508 e. The first-order valence-electron chi connectivity index (χ1n) is 7.52. The number of hydrogen-bond donors (Lipinski definition) is 1. The highest BCUT2D eigenvalue weighted by molar-refractivity contribution is 5.74. The number of phenolic OH excluding ortho intramolecular Hbond substituents is 1. The second-order valence-electron chi connectivity index (χ2n) is 5.90. The minimum absolute atomic E-state index is 0.297. The molecule has 0 aliphatic carbocycles. The van der Waals surface area contributed by atoms with Crippen molar-refractivity contribution in [1.29, 1.82) is 0 Å². The topological polar surface area (TPSA) is 20.2 Å². The molecule has 0 saturated carbocycles. The van der Waals surface area contributed by atoms with Crippen LogP contribution in [0.1, 0.15) is 16.7 Å². The van der Waals surface area contributed by atoms with E-state index >= 15 is 0 Å². The molecule has 3 rings (SSSR count). The number of phenols is 1. The number of aryl methyl sites for hydroxylation is 3. The molecule has 22 heavy (non-hydrogen) atoms. The summed E-state index contributed by atoms with van der Waals surface area (Å²) >= 11 is 0. The van der Waals surface area contributed by atoms with Crippen LogP contribution in [0.4, 0.5) is 0 Å². The predicted octanol–water partition coefficient (Wildman–Crippen LogP) is 5.65. The van der Waals surface area contributed by atoms with Crippen molar-refractivity contribution >= 4 is 0 Å². The summed E-state index contributed by atoms with van der Waals surface area (Å²) in [6, 6.07) is 20.4. The molecule has 1 nitrogen and oxygen atoms in total. The van der Waals surface area contributed by atoms with Gasteiger partial charge in [0.1, 0.15) is 5.75 Å². The SMILES string of the molecule is Cc1cc(C)c(-c2ccc(-c3ccc(O)cc3)cc2)c(C)c1. The van der Waals surface area contributed by atoms with E-state index in [2.05, 4.69) is 57.2 Å². The van der Waals surface area contributed by atoms with Crippen LogP contribution in [0.25, 0.3) is 22.3 Å². The number of benzene rings is 3. The maximum absolute atomic E-state index is 9.38. The summed E-state index contributed by atoms with van der Waals surface area (Å²) in [7, 11) is 0. The Hall–Kier alpha value is -2.54. The van der Waals surface area contributed by atoms with Gasteiger partial charge in [-0.05, 0) is 66.3 Å². The molecule has 1 N–H and O–H groups in total. The first-order valence-corrected chi connectivity index (χ1v) is 7.52. The van der Waals surface area contributed by atoms with Gasteiger partial charge in [0.05, 0.1) is 0 Å². The standard InChI is InChI=1S/C21H20O/c1-14-12-15(2)21(16(3)13-14)19-6-4-17(5-7-19)18-8-10-20(22)11-9-18/h4-13,22H,1-3H3. The molecule has 110 valence electrons. The van der Waals surface area contributed by atoms with Crippen molar-refractivity contribution in [1.82, 2.24) is 0 Å². The van der Waals surface area contributed by atoms with Crippen LogP contribution in [0, 0.1) is 20.8 Å². The largest absolute Gasteiger partial charge is 0.508 e. The Balaban J connectivity index is 2.00. The summed E-state index contributed by atoms with van der Waals surface area (Å²) < 4.78 is 0. The molecule has 0 aliphatic heterocycles. The Morgan fingerprint density at radius 2 is 1.00 bits per heavy atom. The highest BCUT2D eigenvalue weighted by Gasteiger charge is 2.07. The Kier molecular flexibility index (Phi) is 3.72. The Bertz CT molecular complexity index is 773. The van der Waals surface area contributed by atoms with Gasteiger partial charge in [0.25, 0.3) is 0 Å². The van der Waals surface area contributed by atoms with E-state index < -0.39 is 0 Å². The van der Waals surface area contributed by atoms with Crippen molar-refractivity contribution < 1.29 is 5.11 Å². The zero-order valence-electron chi connectivity index (χ0n) is 13.2. The molecule has 0 heterocycles. The lowest BCUT2D eigenvalue weighted by molar-refractivity contribution is 0.475. The van der Waals surface area contributed by atoms with Crippen molar-refractivity contribution in [3.8, 4) is 28.0 Å². The lowest BCUT2D eigenvalue weighted by Crippen LogP contribution is -1.90. The molecule has 0 bridgehead atoms. The van der Waals surface area contributed by atoms with Gasteiger partial charge in [-0.2, -0.15) is 0 Å². The Morgan fingerprint density at radius 1 is 0.591 bits per heavy atom. The van der Waals surface area contributed by atoms with Gasteiger partial charge in [0.15, 0.2) is 0 Å². The summed E-state index contributed by atoms with van der Waals surface area (Å²) in [5.41, 5.74) is 8.78. The molecule has 1 heteroatoms. The molecular formula is C21H20O. The van der Waals surface area contributed by atoms with Crippen LogP contribution in [0.3, 0.4) is 0 Å².